The second-order valence-electron chi connectivity index (χ2n) is 8.29. The van der Waals surface area contributed by atoms with Crippen LogP contribution in [-0.2, 0) is 16.0 Å². The monoisotopic (exact) mass is 506 g/mol. The molecule has 35 heavy (non-hydrogen) atoms. The highest BCUT2D eigenvalue weighted by molar-refractivity contribution is 8.18. The Hall–Kier alpha value is -3.55. The van der Waals surface area contributed by atoms with Gasteiger partial charge in [0.15, 0.2) is 0 Å². The van der Waals surface area contributed by atoms with E-state index in [0.29, 0.717) is 17.7 Å². The van der Waals surface area contributed by atoms with Crippen molar-refractivity contribution in [2.24, 2.45) is 0 Å². The fraction of sp³-hybridized carbons (Fsp3) is 0.148. The summed E-state index contributed by atoms with van der Waals surface area (Å²) in [5.41, 5.74) is 4.94. The smallest absolute Gasteiger partial charge is 0.294 e. The Balaban J connectivity index is 1.51. The van der Waals surface area contributed by atoms with Crippen molar-refractivity contribution in [2.75, 3.05) is 11.9 Å². The molecule has 3 aromatic carbocycles. The average Bonchev–Trinajstić information content (AvgIpc) is 3.07. The summed E-state index contributed by atoms with van der Waals surface area (Å²) in [6.07, 6.45) is 2.02. The second-order valence-corrected chi connectivity index (χ2v) is 9.69. The van der Waals surface area contributed by atoms with E-state index >= 15 is 0 Å². The molecule has 0 radical (unpaired) electrons. The minimum Gasteiger partial charge on any atom is -0.506 e. The Morgan fingerprint density at radius 1 is 1.03 bits per heavy atom. The van der Waals surface area contributed by atoms with Crippen LogP contribution >= 0.6 is 23.4 Å². The number of thioether (sulfide) groups is 1. The van der Waals surface area contributed by atoms with Gasteiger partial charge in [0.1, 0.15) is 12.3 Å². The Bertz CT molecular complexity index is 1350. The number of aromatic hydroxyl groups is 1. The van der Waals surface area contributed by atoms with Crippen LogP contribution in [0, 0.1) is 13.8 Å². The van der Waals surface area contributed by atoms with Crippen LogP contribution in [0.3, 0.4) is 0 Å². The van der Waals surface area contributed by atoms with Crippen molar-refractivity contribution in [1.82, 2.24) is 4.90 Å². The minimum absolute atomic E-state index is 0.109. The third kappa shape index (κ3) is 5.75. The number of rotatable bonds is 6. The SMILES string of the molecule is Cc1ccc(NC(=O)CN2C(=O)S/C(=C/c3cc(Cc4ccccc4)cc(Cl)c3O)C2=O)cc1C. The van der Waals surface area contributed by atoms with E-state index in [-0.39, 0.29) is 15.7 Å². The zero-order valence-corrected chi connectivity index (χ0v) is 20.7. The van der Waals surface area contributed by atoms with Gasteiger partial charge in [-0.1, -0.05) is 48.0 Å². The van der Waals surface area contributed by atoms with Gasteiger partial charge >= 0.3 is 0 Å². The Morgan fingerprint density at radius 3 is 2.49 bits per heavy atom. The lowest BCUT2D eigenvalue weighted by molar-refractivity contribution is -0.127. The highest BCUT2D eigenvalue weighted by Gasteiger charge is 2.36. The van der Waals surface area contributed by atoms with Gasteiger partial charge in [-0.15, -0.1) is 0 Å². The number of anilines is 1. The van der Waals surface area contributed by atoms with E-state index in [9.17, 15) is 19.5 Å². The molecule has 178 valence electrons. The van der Waals surface area contributed by atoms with E-state index in [1.165, 1.54) is 6.08 Å². The molecule has 6 nitrogen and oxygen atoms in total. The predicted octanol–water partition coefficient (Wildman–Crippen LogP) is 5.93. The molecule has 1 fully saturated rings. The molecule has 1 heterocycles. The summed E-state index contributed by atoms with van der Waals surface area (Å²) < 4.78 is 0. The zero-order valence-electron chi connectivity index (χ0n) is 19.2. The van der Waals surface area contributed by atoms with Crippen molar-refractivity contribution in [3.05, 3.63) is 98.4 Å². The number of hydrogen-bond acceptors (Lipinski definition) is 5. The van der Waals surface area contributed by atoms with Crippen molar-refractivity contribution in [3.8, 4) is 5.75 Å². The topological polar surface area (TPSA) is 86.7 Å². The number of benzene rings is 3. The van der Waals surface area contributed by atoms with Crippen LogP contribution in [0.2, 0.25) is 5.02 Å². The third-order valence-corrected chi connectivity index (χ3v) is 6.85. The number of phenolic OH excluding ortho intramolecular Hbond substituents is 1. The standard InChI is InChI=1S/C27H23ClN2O4S/c1-16-8-9-21(10-17(16)2)29-24(31)15-30-26(33)23(35-27(30)34)14-20-12-19(13-22(28)25(20)32)11-18-6-4-3-5-7-18/h3-10,12-14,32H,11,15H2,1-2H3,(H,29,31)/b23-14+. The molecule has 0 saturated carbocycles. The number of aryl methyl sites for hydroxylation is 2. The number of imide groups is 1. The number of carbonyl (C=O) groups excluding carboxylic acids is 3. The van der Waals surface area contributed by atoms with Gasteiger partial charge in [0.25, 0.3) is 11.1 Å². The van der Waals surface area contributed by atoms with Crippen LogP contribution in [0.1, 0.15) is 27.8 Å². The molecule has 0 aliphatic carbocycles. The lowest BCUT2D eigenvalue weighted by atomic mass is 10.0. The van der Waals surface area contributed by atoms with Crippen molar-refractivity contribution in [2.45, 2.75) is 20.3 Å². The lowest BCUT2D eigenvalue weighted by Gasteiger charge is -2.13. The Morgan fingerprint density at radius 2 is 1.77 bits per heavy atom. The summed E-state index contributed by atoms with van der Waals surface area (Å²) in [5, 5.41) is 12.8. The second kappa shape index (κ2) is 10.4. The number of halogens is 1. The summed E-state index contributed by atoms with van der Waals surface area (Å²) in [4.78, 5) is 38.9. The van der Waals surface area contributed by atoms with E-state index in [1.54, 1.807) is 18.2 Å². The molecule has 0 bridgehead atoms. The van der Waals surface area contributed by atoms with E-state index < -0.39 is 23.6 Å². The summed E-state index contributed by atoms with van der Waals surface area (Å²) in [6, 6.07) is 18.6. The van der Waals surface area contributed by atoms with Gasteiger partial charge < -0.3 is 10.4 Å². The predicted molar refractivity (Wildman–Crippen MR) is 140 cm³/mol. The number of nitrogens with one attached hydrogen (secondary N) is 1. The third-order valence-electron chi connectivity index (χ3n) is 5.66. The summed E-state index contributed by atoms with van der Waals surface area (Å²) in [5.74, 6) is -1.26. The minimum atomic E-state index is -0.598. The van der Waals surface area contributed by atoms with Crippen molar-refractivity contribution in [1.29, 1.82) is 0 Å². The molecule has 8 heteroatoms. The maximum atomic E-state index is 12.9. The van der Waals surface area contributed by atoms with E-state index in [2.05, 4.69) is 5.32 Å². The van der Waals surface area contributed by atoms with Gasteiger partial charge in [-0.25, -0.2) is 0 Å². The molecule has 1 aliphatic rings. The first-order valence-corrected chi connectivity index (χ1v) is 12.1. The van der Waals surface area contributed by atoms with Gasteiger partial charge in [-0.2, -0.15) is 0 Å². The number of carbonyl (C=O) groups is 3. The summed E-state index contributed by atoms with van der Waals surface area (Å²) in [6.45, 7) is 3.49. The number of phenols is 1. The van der Waals surface area contributed by atoms with Crippen molar-refractivity contribution < 1.29 is 19.5 Å². The molecule has 1 aliphatic heterocycles. The van der Waals surface area contributed by atoms with Crippen LogP contribution in [-0.4, -0.2) is 33.6 Å². The lowest BCUT2D eigenvalue weighted by Crippen LogP contribution is -2.36. The van der Waals surface area contributed by atoms with Crippen LogP contribution in [0.4, 0.5) is 10.5 Å². The summed E-state index contributed by atoms with van der Waals surface area (Å²) >= 11 is 6.95. The highest BCUT2D eigenvalue weighted by atomic mass is 35.5. The van der Waals surface area contributed by atoms with Gasteiger partial charge in [-0.3, -0.25) is 19.3 Å². The molecular weight excluding hydrogens is 484 g/mol. The molecule has 3 amide bonds. The van der Waals surface area contributed by atoms with Crippen LogP contribution in [0.15, 0.2) is 65.6 Å². The number of hydrogen-bond donors (Lipinski definition) is 2. The molecule has 0 atom stereocenters. The van der Waals surface area contributed by atoms with Gasteiger partial charge in [0.2, 0.25) is 5.91 Å². The molecule has 3 aromatic rings. The highest BCUT2D eigenvalue weighted by Crippen LogP contribution is 2.36. The fourth-order valence-electron chi connectivity index (χ4n) is 3.66. The van der Waals surface area contributed by atoms with Gasteiger partial charge in [0, 0.05) is 11.3 Å². The molecule has 0 spiro atoms. The molecule has 1 saturated heterocycles. The normalized spacial score (nSPS) is 14.6. The number of amides is 3. The molecular formula is C27H23ClN2O4S. The Kier molecular flexibility index (Phi) is 7.28. The first-order chi connectivity index (χ1) is 16.7. The first kappa shape index (κ1) is 24.6. The van der Waals surface area contributed by atoms with E-state index in [4.69, 9.17) is 11.6 Å². The molecule has 0 unspecified atom stereocenters. The molecule has 0 aromatic heterocycles. The summed E-state index contributed by atoms with van der Waals surface area (Å²) in [7, 11) is 0. The maximum absolute atomic E-state index is 12.9. The quantitative estimate of drug-likeness (QED) is 0.405. The van der Waals surface area contributed by atoms with Crippen molar-refractivity contribution >= 4 is 52.2 Å². The maximum Gasteiger partial charge on any atom is 0.294 e. The molecule has 2 N–H and O–H groups in total. The van der Waals surface area contributed by atoms with Gasteiger partial charge in [-0.05, 0) is 84.6 Å². The van der Waals surface area contributed by atoms with E-state index in [0.717, 1.165) is 38.9 Å². The van der Waals surface area contributed by atoms with Crippen LogP contribution < -0.4 is 5.32 Å². The van der Waals surface area contributed by atoms with Crippen molar-refractivity contribution in [3.63, 3.8) is 0 Å². The zero-order chi connectivity index (χ0) is 25.1. The first-order valence-electron chi connectivity index (χ1n) is 10.9. The average molecular weight is 507 g/mol. The van der Waals surface area contributed by atoms with Gasteiger partial charge in [0.05, 0.1) is 9.93 Å². The largest absolute Gasteiger partial charge is 0.506 e. The van der Waals surface area contributed by atoms with Crippen LogP contribution in [0.5, 0.6) is 5.75 Å². The molecule has 4 rings (SSSR count). The Labute approximate surface area is 212 Å². The number of nitrogens with zero attached hydrogens (tertiary/aromatic N) is 1. The van der Waals surface area contributed by atoms with Crippen LogP contribution in [0.25, 0.3) is 6.08 Å². The fourth-order valence-corrected chi connectivity index (χ4v) is 4.74. The van der Waals surface area contributed by atoms with E-state index in [1.807, 2.05) is 56.3 Å².